The van der Waals surface area contributed by atoms with Crippen molar-refractivity contribution in [1.82, 2.24) is 0 Å². The molecule has 132 valence electrons. The number of anilines is 2. The van der Waals surface area contributed by atoms with Crippen LogP contribution < -0.4 is 11.1 Å². The van der Waals surface area contributed by atoms with Crippen molar-refractivity contribution < 1.29 is 8.78 Å². The van der Waals surface area contributed by atoms with Gasteiger partial charge < -0.3 is 11.1 Å². The van der Waals surface area contributed by atoms with Gasteiger partial charge in [-0.3, -0.25) is 5.41 Å². The zero-order valence-electron chi connectivity index (χ0n) is 13.9. The number of nitrogen functional groups attached to an aromatic ring is 1. The van der Waals surface area contributed by atoms with E-state index in [1.54, 1.807) is 23.5 Å². The van der Waals surface area contributed by atoms with E-state index in [1.807, 2.05) is 16.8 Å². The van der Waals surface area contributed by atoms with Crippen molar-refractivity contribution in [3.8, 4) is 0 Å². The molecule has 0 fully saturated rings. The number of rotatable bonds is 6. The fraction of sp³-hybridized carbons (Fsp3) is 0.0500. The van der Waals surface area contributed by atoms with Crippen molar-refractivity contribution in [3.05, 3.63) is 93.8 Å². The molecule has 0 aliphatic rings. The number of nitrogens with one attached hydrogen (secondary N) is 2. The van der Waals surface area contributed by atoms with Gasteiger partial charge in [-0.25, -0.2) is 8.78 Å². The summed E-state index contributed by atoms with van der Waals surface area (Å²) in [4.78, 5) is 0. The molecule has 26 heavy (non-hydrogen) atoms. The summed E-state index contributed by atoms with van der Waals surface area (Å²) < 4.78 is 27.7. The molecule has 3 rings (SSSR count). The van der Waals surface area contributed by atoms with Gasteiger partial charge in [0.1, 0.15) is 11.6 Å². The van der Waals surface area contributed by atoms with Crippen molar-refractivity contribution in [3.63, 3.8) is 0 Å². The highest BCUT2D eigenvalue weighted by Crippen LogP contribution is 2.26. The molecule has 0 saturated carbocycles. The first kappa shape index (κ1) is 17.8. The number of hydrogen-bond donors (Lipinski definition) is 3. The Morgan fingerprint density at radius 3 is 2.69 bits per heavy atom. The van der Waals surface area contributed by atoms with Crippen LogP contribution in [0, 0.1) is 17.0 Å². The van der Waals surface area contributed by atoms with Crippen LogP contribution in [0.5, 0.6) is 0 Å². The second-order valence-electron chi connectivity index (χ2n) is 5.84. The van der Waals surface area contributed by atoms with E-state index in [9.17, 15) is 8.78 Å². The average Bonchev–Trinajstić information content (AvgIpc) is 3.10. The third-order valence-electron chi connectivity index (χ3n) is 3.83. The highest BCUT2D eigenvalue weighted by atomic mass is 32.1. The summed E-state index contributed by atoms with van der Waals surface area (Å²) in [6.07, 6.45) is 0.603. The Balaban J connectivity index is 1.87. The lowest BCUT2D eigenvalue weighted by molar-refractivity contribution is 0.627. The van der Waals surface area contributed by atoms with Gasteiger partial charge in [-0.1, -0.05) is 18.7 Å². The molecule has 3 nitrogen and oxygen atoms in total. The molecule has 2 aromatic carbocycles. The monoisotopic (exact) mass is 369 g/mol. The van der Waals surface area contributed by atoms with Crippen molar-refractivity contribution in [2.45, 2.75) is 6.42 Å². The zero-order chi connectivity index (χ0) is 18.7. The Morgan fingerprint density at radius 2 is 2.00 bits per heavy atom. The molecule has 0 aliphatic carbocycles. The number of thiophene rings is 1. The lowest BCUT2D eigenvalue weighted by atomic mass is 9.99. The third-order valence-corrected chi connectivity index (χ3v) is 4.56. The van der Waals surface area contributed by atoms with Crippen molar-refractivity contribution in [1.29, 1.82) is 5.41 Å². The van der Waals surface area contributed by atoms with E-state index >= 15 is 0 Å². The summed E-state index contributed by atoms with van der Waals surface area (Å²) in [5.74, 6) is -1.11. The molecule has 0 atom stereocenters. The molecule has 0 aliphatic heterocycles. The first-order chi connectivity index (χ1) is 12.4. The van der Waals surface area contributed by atoms with Gasteiger partial charge in [0.05, 0.1) is 11.4 Å². The summed E-state index contributed by atoms with van der Waals surface area (Å²) in [5, 5.41) is 15.3. The standard InChI is InChI=1S/C20H17F2N3S/c1-12(7-13-5-6-26-11-13)25-16-9-17(20(24)18(22)10-16)19(23)14-3-2-4-15(21)8-14/h2-6,8-11,23,25H,1,7,24H2. The zero-order valence-corrected chi connectivity index (χ0v) is 14.7. The maximum Gasteiger partial charge on any atom is 0.148 e. The van der Waals surface area contributed by atoms with Crippen LogP contribution in [0.3, 0.4) is 0 Å². The van der Waals surface area contributed by atoms with E-state index in [4.69, 9.17) is 11.1 Å². The minimum absolute atomic E-state index is 0.0482. The predicted octanol–water partition coefficient (Wildman–Crippen LogP) is 5.19. The lowest BCUT2D eigenvalue weighted by Gasteiger charge is -2.14. The molecule has 1 aromatic heterocycles. The number of hydrogen-bond acceptors (Lipinski definition) is 4. The smallest absolute Gasteiger partial charge is 0.148 e. The van der Waals surface area contributed by atoms with Gasteiger partial charge in [-0.2, -0.15) is 11.3 Å². The van der Waals surface area contributed by atoms with Crippen LogP contribution in [0.2, 0.25) is 0 Å². The van der Waals surface area contributed by atoms with Gasteiger partial charge in [0.25, 0.3) is 0 Å². The lowest BCUT2D eigenvalue weighted by Crippen LogP contribution is -2.10. The quantitative estimate of drug-likeness (QED) is 0.413. The van der Waals surface area contributed by atoms with E-state index in [-0.39, 0.29) is 17.0 Å². The van der Waals surface area contributed by atoms with Crippen LogP contribution in [-0.2, 0) is 6.42 Å². The van der Waals surface area contributed by atoms with E-state index in [0.29, 0.717) is 23.4 Å². The summed E-state index contributed by atoms with van der Waals surface area (Å²) in [6.45, 7) is 3.96. The van der Waals surface area contributed by atoms with E-state index in [2.05, 4.69) is 11.9 Å². The van der Waals surface area contributed by atoms with Crippen LogP contribution in [0.4, 0.5) is 20.2 Å². The molecule has 0 amide bonds. The molecule has 6 heteroatoms. The maximum atomic E-state index is 14.3. The van der Waals surface area contributed by atoms with E-state index in [0.717, 1.165) is 5.56 Å². The van der Waals surface area contributed by atoms with Crippen LogP contribution in [-0.4, -0.2) is 5.71 Å². The number of halogens is 2. The molecular formula is C20H17F2N3S. The van der Waals surface area contributed by atoms with Crippen LogP contribution in [0.15, 0.2) is 65.5 Å². The normalized spacial score (nSPS) is 10.5. The molecule has 0 spiro atoms. The van der Waals surface area contributed by atoms with Gasteiger partial charge in [-0.05, 0) is 46.7 Å². The third kappa shape index (κ3) is 3.97. The molecule has 1 heterocycles. The van der Waals surface area contributed by atoms with Crippen molar-refractivity contribution in [2.75, 3.05) is 11.1 Å². The van der Waals surface area contributed by atoms with E-state index in [1.165, 1.54) is 24.3 Å². The summed E-state index contributed by atoms with van der Waals surface area (Å²) in [6, 6.07) is 10.4. The molecule has 0 radical (unpaired) electrons. The summed E-state index contributed by atoms with van der Waals surface area (Å²) >= 11 is 1.59. The van der Waals surface area contributed by atoms with Gasteiger partial charge in [0, 0.05) is 28.9 Å². The highest BCUT2D eigenvalue weighted by Gasteiger charge is 2.15. The fourth-order valence-electron chi connectivity index (χ4n) is 2.58. The largest absolute Gasteiger partial charge is 0.396 e. The Labute approximate surface area is 154 Å². The molecule has 0 bridgehead atoms. The van der Waals surface area contributed by atoms with E-state index < -0.39 is 11.6 Å². The number of benzene rings is 2. The van der Waals surface area contributed by atoms with Gasteiger partial charge >= 0.3 is 0 Å². The van der Waals surface area contributed by atoms with Gasteiger partial charge in [-0.15, -0.1) is 0 Å². The minimum Gasteiger partial charge on any atom is -0.396 e. The average molecular weight is 369 g/mol. The minimum atomic E-state index is -0.644. The topological polar surface area (TPSA) is 61.9 Å². The molecular weight excluding hydrogens is 352 g/mol. The first-order valence-corrected chi connectivity index (χ1v) is 8.78. The first-order valence-electron chi connectivity index (χ1n) is 7.84. The highest BCUT2D eigenvalue weighted by molar-refractivity contribution is 7.07. The Bertz CT molecular complexity index is 965. The predicted molar refractivity (Wildman–Crippen MR) is 104 cm³/mol. The molecule has 0 unspecified atom stereocenters. The second kappa shape index (κ2) is 7.49. The van der Waals surface area contributed by atoms with Crippen LogP contribution >= 0.6 is 11.3 Å². The molecule has 4 N–H and O–H groups in total. The Hall–Kier alpha value is -2.99. The number of allylic oxidation sites excluding steroid dienone is 1. The fourth-order valence-corrected chi connectivity index (χ4v) is 3.25. The SMILES string of the molecule is C=C(Cc1ccsc1)Nc1cc(F)c(N)c(C(=N)c2cccc(F)c2)c1. The Morgan fingerprint density at radius 1 is 1.19 bits per heavy atom. The van der Waals surface area contributed by atoms with Gasteiger partial charge in [0.15, 0.2) is 0 Å². The Kier molecular flexibility index (Phi) is 5.14. The van der Waals surface area contributed by atoms with Gasteiger partial charge in [0.2, 0.25) is 0 Å². The maximum absolute atomic E-state index is 14.3. The van der Waals surface area contributed by atoms with Crippen LogP contribution in [0.1, 0.15) is 16.7 Å². The molecule has 0 saturated heterocycles. The number of nitrogens with two attached hydrogens (primary N) is 1. The second-order valence-corrected chi connectivity index (χ2v) is 6.62. The van der Waals surface area contributed by atoms with Crippen molar-refractivity contribution >= 4 is 28.4 Å². The summed E-state index contributed by atoms with van der Waals surface area (Å²) in [7, 11) is 0. The van der Waals surface area contributed by atoms with Crippen LogP contribution in [0.25, 0.3) is 0 Å². The summed E-state index contributed by atoms with van der Waals surface area (Å²) in [5.41, 5.74) is 8.37. The molecule has 3 aromatic rings. The van der Waals surface area contributed by atoms with Crippen molar-refractivity contribution in [2.24, 2.45) is 0 Å².